The molecule has 34 heavy (non-hydrogen) atoms. The van der Waals surface area contributed by atoms with Crippen molar-refractivity contribution in [3.8, 4) is 17.6 Å². The SMILES string of the molecule is CC#Cc1cc(C)c(C2C(=O)CC3(CC2=O)CN(C(=O)NC(=O)c2ccccn2)C3)c(OC)c1. The van der Waals surface area contributed by atoms with Crippen molar-refractivity contribution in [2.75, 3.05) is 20.2 Å². The summed E-state index contributed by atoms with van der Waals surface area (Å²) in [5.74, 6) is 4.43. The lowest BCUT2D eigenvalue weighted by Crippen LogP contribution is -2.64. The van der Waals surface area contributed by atoms with Crippen molar-refractivity contribution in [1.82, 2.24) is 15.2 Å². The number of hydrogen-bond acceptors (Lipinski definition) is 6. The van der Waals surface area contributed by atoms with Gasteiger partial charge in [0, 0.05) is 48.7 Å². The number of nitrogens with one attached hydrogen (secondary N) is 1. The van der Waals surface area contributed by atoms with Gasteiger partial charge < -0.3 is 9.64 Å². The lowest BCUT2D eigenvalue weighted by atomic mass is 9.63. The van der Waals surface area contributed by atoms with E-state index in [-0.39, 0.29) is 43.2 Å². The van der Waals surface area contributed by atoms with E-state index in [0.29, 0.717) is 11.3 Å². The molecule has 1 spiro atoms. The minimum Gasteiger partial charge on any atom is -0.496 e. The molecule has 1 aromatic carbocycles. The number of carbonyl (C=O) groups is 4. The minimum absolute atomic E-state index is 0.136. The predicted molar refractivity (Wildman–Crippen MR) is 123 cm³/mol. The molecule has 2 aromatic rings. The number of urea groups is 1. The quantitative estimate of drug-likeness (QED) is 0.559. The smallest absolute Gasteiger partial charge is 0.324 e. The van der Waals surface area contributed by atoms with Gasteiger partial charge in [0.2, 0.25) is 0 Å². The van der Waals surface area contributed by atoms with Crippen molar-refractivity contribution in [2.45, 2.75) is 32.6 Å². The van der Waals surface area contributed by atoms with E-state index < -0.39 is 23.3 Å². The van der Waals surface area contributed by atoms with Crippen molar-refractivity contribution in [2.24, 2.45) is 5.41 Å². The Balaban J connectivity index is 1.45. The molecule has 174 valence electrons. The highest BCUT2D eigenvalue weighted by molar-refractivity contribution is 6.11. The maximum atomic E-state index is 13.2. The Hall–Kier alpha value is -3.99. The second-order valence-electron chi connectivity index (χ2n) is 8.83. The third kappa shape index (κ3) is 4.29. The van der Waals surface area contributed by atoms with E-state index in [1.165, 1.54) is 24.3 Å². The van der Waals surface area contributed by atoms with Crippen molar-refractivity contribution < 1.29 is 23.9 Å². The zero-order valence-corrected chi connectivity index (χ0v) is 19.3. The molecule has 1 aliphatic heterocycles. The molecule has 0 radical (unpaired) electrons. The van der Waals surface area contributed by atoms with Gasteiger partial charge >= 0.3 is 6.03 Å². The number of aryl methyl sites for hydroxylation is 1. The number of aromatic nitrogens is 1. The van der Waals surface area contributed by atoms with Gasteiger partial charge in [-0.2, -0.15) is 0 Å². The molecule has 0 atom stereocenters. The van der Waals surface area contributed by atoms with Crippen LogP contribution in [0.4, 0.5) is 4.79 Å². The van der Waals surface area contributed by atoms with Crippen LogP contribution >= 0.6 is 0 Å². The molecule has 8 heteroatoms. The van der Waals surface area contributed by atoms with Crippen LogP contribution in [0.5, 0.6) is 5.75 Å². The van der Waals surface area contributed by atoms with Crippen molar-refractivity contribution in [3.63, 3.8) is 0 Å². The third-order valence-electron chi connectivity index (χ3n) is 6.33. The summed E-state index contributed by atoms with van der Waals surface area (Å²) in [7, 11) is 1.51. The number of Topliss-reactive ketones (excluding diaryl/α,β-unsaturated/α-hetero) is 2. The molecule has 0 unspecified atom stereocenters. The monoisotopic (exact) mass is 459 g/mol. The molecule has 1 saturated heterocycles. The standard InChI is InChI=1S/C26H25N3O5/c1-4-7-17-10-16(2)22(21(11-17)34-3)23-19(30)12-26(13-20(23)31)14-29(15-26)25(33)28-24(32)18-8-5-6-9-27-18/h5-6,8-11,23H,12-15H2,1-3H3,(H,28,32,33). The molecule has 8 nitrogen and oxygen atoms in total. The van der Waals surface area contributed by atoms with Crippen LogP contribution in [-0.4, -0.2) is 53.6 Å². The second-order valence-corrected chi connectivity index (χ2v) is 8.83. The fourth-order valence-electron chi connectivity index (χ4n) is 4.90. The van der Waals surface area contributed by atoms with Crippen LogP contribution in [0.15, 0.2) is 36.5 Å². The number of amides is 3. The van der Waals surface area contributed by atoms with Crippen LogP contribution in [0.2, 0.25) is 0 Å². The molecule has 1 aliphatic carbocycles. The fraction of sp³-hybridized carbons (Fsp3) is 0.346. The molecule has 2 aliphatic rings. The molecule has 0 bridgehead atoms. The van der Waals surface area contributed by atoms with Crippen molar-refractivity contribution in [3.05, 3.63) is 58.9 Å². The van der Waals surface area contributed by atoms with Crippen LogP contribution < -0.4 is 10.1 Å². The van der Waals surface area contributed by atoms with E-state index >= 15 is 0 Å². The zero-order chi connectivity index (χ0) is 24.5. The molecule has 2 heterocycles. The summed E-state index contributed by atoms with van der Waals surface area (Å²) in [5.41, 5.74) is 1.67. The highest BCUT2D eigenvalue weighted by atomic mass is 16.5. The van der Waals surface area contributed by atoms with Gasteiger partial charge in [-0.15, -0.1) is 5.92 Å². The number of carbonyl (C=O) groups excluding carboxylic acids is 4. The zero-order valence-electron chi connectivity index (χ0n) is 19.3. The highest BCUT2D eigenvalue weighted by Crippen LogP contribution is 2.47. The summed E-state index contributed by atoms with van der Waals surface area (Å²) in [6, 6.07) is 7.88. The van der Waals surface area contributed by atoms with Gasteiger partial charge in [0.05, 0.1) is 7.11 Å². The number of hydrogen-bond donors (Lipinski definition) is 1. The van der Waals surface area contributed by atoms with Crippen LogP contribution in [0, 0.1) is 24.2 Å². The van der Waals surface area contributed by atoms with Crippen LogP contribution in [0.3, 0.4) is 0 Å². The van der Waals surface area contributed by atoms with E-state index in [1.807, 2.05) is 13.0 Å². The van der Waals surface area contributed by atoms with Crippen molar-refractivity contribution in [1.29, 1.82) is 0 Å². The van der Waals surface area contributed by atoms with Crippen LogP contribution in [0.25, 0.3) is 0 Å². The molecular weight excluding hydrogens is 434 g/mol. The predicted octanol–water partition coefficient (Wildman–Crippen LogP) is 2.64. The maximum absolute atomic E-state index is 13.2. The average molecular weight is 460 g/mol. The number of imide groups is 1. The van der Waals surface area contributed by atoms with Gasteiger partial charge in [0.1, 0.15) is 28.9 Å². The van der Waals surface area contributed by atoms with E-state index in [1.54, 1.807) is 25.1 Å². The molecular formula is C26H25N3O5. The maximum Gasteiger partial charge on any atom is 0.324 e. The Morgan fingerprint density at radius 1 is 1.18 bits per heavy atom. The van der Waals surface area contributed by atoms with Gasteiger partial charge in [0.15, 0.2) is 0 Å². The topological polar surface area (TPSA) is 106 Å². The Morgan fingerprint density at radius 3 is 2.47 bits per heavy atom. The Kier molecular flexibility index (Phi) is 6.20. The van der Waals surface area contributed by atoms with Crippen molar-refractivity contribution >= 4 is 23.5 Å². The molecule has 4 rings (SSSR count). The van der Waals surface area contributed by atoms with Gasteiger partial charge in [-0.1, -0.05) is 12.0 Å². The summed E-state index contributed by atoms with van der Waals surface area (Å²) in [6.07, 6.45) is 1.83. The first-order chi connectivity index (χ1) is 16.3. The summed E-state index contributed by atoms with van der Waals surface area (Å²) in [5, 5.41) is 2.30. The third-order valence-corrected chi connectivity index (χ3v) is 6.33. The van der Waals surface area contributed by atoms with E-state index in [0.717, 1.165) is 11.1 Å². The first-order valence-electron chi connectivity index (χ1n) is 10.9. The fourth-order valence-corrected chi connectivity index (χ4v) is 4.90. The lowest BCUT2D eigenvalue weighted by molar-refractivity contribution is -0.141. The molecule has 2 fully saturated rings. The molecule has 1 N–H and O–H groups in total. The number of pyridine rings is 1. The lowest BCUT2D eigenvalue weighted by Gasteiger charge is -2.51. The Bertz CT molecular complexity index is 1220. The molecule has 1 saturated carbocycles. The van der Waals surface area contributed by atoms with E-state index in [9.17, 15) is 19.2 Å². The number of methoxy groups -OCH3 is 1. The first kappa shape index (κ1) is 23.2. The summed E-state index contributed by atoms with van der Waals surface area (Å²) >= 11 is 0. The summed E-state index contributed by atoms with van der Waals surface area (Å²) < 4.78 is 5.51. The van der Waals surface area contributed by atoms with E-state index in [4.69, 9.17) is 4.74 Å². The van der Waals surface area contributed by atoms with Gasteiger partial charge in [-0.05, 0) is 43.7 Å². The van der Waals surface area contributed by atoms with Gasteiger partial charge in [-0.25, -0.2) is 4.79 Å². The van der Waals surface area contributed by atoms with Gasteiger partial charge in [0.25, 0.3) is 5.91 Å². The Labute approximate surface area is 197 Å². The minimum atomic E-state index is -0.891. The van der Waals surface area contributed by atoms with E-state index in [2.05, 4.69) is 22.1 Å². The number of nitrogens with zero attached hydrogens (tertiary/aromatic N) is 2. The molecule has 1 aromatic heterocycles. The first-order valence-corrected chi connectivity index (χ1v) is 10.9. The largest absolute Gasteiger partial charge is 0.496 e. The number of likely N-dealkylation sites (tertiary alicyclic amines) is 1. The highest BCUT2D eigenvalue weighted by Gasteiger charge is 2.54. The molecule has 3 amide bonds. The van der Waals surface area contributed by atoms with Crippen LogP contribution in [0.1, 0.15) is 52.9 Å². The van der Waals surface area contributed by atoms with Crippen LogP contribution in [-0.2, 0) is 9.59 Å². The average Bonchev–Trinajstić information content (AvgIpc) is 2.78. The normalized spacial score (nSPS) is 17.0. The number of rotatable bonds is 3. The number of ether oxygens (including phenoxy) is 1. The number of benzene rings is 1. The summed E-state index contributed by atoms with van der Waals surface area (Å²) in [6.45, 7) is 4.05. The second kappa shape index (κ2) is 9.10. The summed E-state index contributed by atoms with van der Waals surface area (Å²) in [4.78, 5) is 56.4. The Morgan fingerprint density at radius 2 is 1.88 bits per heavy atom. The number of ketones is 2. The van der Waals surface area contributed by atoms with Gasteiger partial charge in [-0.3, -0.25) is 24.7 Å².